The van der Waals surface area contributed by atoms with Crippen molar-refractivity contribution in [3.8, 4) is 0 Å². The second-order valence-corrected chi connectivity index (χ2v) is 9.68. The molecule has 0 radical (unpaired) electrons. The van der Waals surface area contributed by atoms with E-state index in [1.807, 2.05) is 6.08 Å². The Hall–Kier alpha value is -0.960. The van der Waals surface area contributed by atoms with E-state index in [0.717, 1.165) is 50.4 Å². The molecule has 0 aromatic heterocycles. The molecule has 0 amide bonds. The molecule has 25 heavy (non-hydrogen) atoms. The summed E-state index contributed by atoms with van der Waals surface area (Å²) in [6.45, 7) is 4.43. The van der Waals surface area contributed by atoms with Gasteiger partial charge < -0.3 is 4.74 Å². The van der Waals surface area contributed by atoms with E-state index in [4.69, 9.17) is 4.74 Å². The lowest BCUT2D eigenvalue weighted by Crippen LogP contribution is -2.55. The summed E-state index contributed by atoms with van der Waals surface area (Å²) in [5.74, 6) is 3.43. The Kier molecular flexibility index (Phi) is 3.43. The highest BCUT2D eigenvalue weighted by Gasteiger charge is 2.68. The van der Waals surface area contributed by atoms with Crippen LogP contribution in [0, 0.1) is 29.1 Å². The van der Waals surface area contributed by atoms with Gasteiger partial charge in [0.05, 0.1) is 6.10 Å². The van der Waals surface area contributed by atoms with Crippen LogP contribution < -0.4 is 0 Å². The topological polar surface area (TPSA) is 43.4 Å². The predicted molar refractivity (Wildman–Crippen MR) is 95.0 cm³/mol. The quantitative estimate of drug-likeness (QED) is 0.661. The molecule has 3 nitrogen and oxygen atoms in total. The fourth-order valence-corrected chi connectivity index (χ4v) is 7.71. The molecule has 0 N–H and O–H groups in total. The molecule has 1 heterocycles. The highest BCUT2D eigenvalue weighted by atomic mass is 16.5. The maximum atomic E-state index is 12.9. The van der Waals surface area contributed by atoms with Crippen LogP contribution in [-0.4, -0.2) is 23.3 Å². The van der Waals surface area contributed by atoms with E-state index >= 15 is 0 Å². The van der Waals surface area contributed by atoms with Gasteiger partial charge in [-0.15, -0.1) is 0 Å². The first-order valence-corrected chi connectivity index (χ1v) is 10.4. The van der Waals surface area contributed by atoms with Crippen molar-refractivity contribution in [3.05, 3.63) is 11.6 Å². The average molecular weight is 342 g/mol. The van der Waals surface area contributed by atoms with E-state index in [2.05, 4.69) is 13.8 Å². The number of hydrogen-bond donors (Lipinski definition) is 0. The maximum absolute atomic E-state index is 12.9. The minimum Gasteiger partial charge on any atom is -0.363 e. The van der Waals surface area contributed by atoms with Crippen LogP contribution in [0.15, 0.2) is 11.6 Å². The molecule has 0 bridgehead atoms. The van der Waals surface area contributed by atoms with E-state index < -0.39 is 5.60 Å². The Morgan fingerprint density at radius 1 is 1.04 bits per heavy atom. The lowest BCUT2D eigenvalue weighted by Gasteiger charge is -2.55. The Bertz CT molecular complexity index is 664. The van der Waals surface area contributed by atoms with Crippen LogP contribution in [0.1, 0.15) is 71.6 Å². The second kappa shape index (κ2) is 5.28. The van der Waals surface area contributed by atoms with Crippen LogP contribution in [-0.2, 0) is 14.3 Å². The highest BCUT2D eigenvalue weighted by Crippen LogP contribution is 2.67. The van der Waals surface area contributed by atoms with Crippen molar-refractivity contribution in [3.63, 3.8) is 0 Å². The normalized spacial score (nSPS) is 51.9. The Labute approximate surface area is 150 Å². The number of Topliss-reactive ketones (excluding diaryl/α,β-unsaturated/α-hetero) is 1. The van der Waals surface area contributed by atoms with Crippen molar-refractivity contribution in [2.24, 2.45) is 29.1 Å². The van der Waals surface area contributed by atoms with Crippen molar-refractivity contribution < 1.29 is 14.3 Å². The van der Waals surface area contributed by atoms with Gasteiger partial charge in [-0.05, 0) is 81.6 Å². The minimum absolute atomic E-state index is 0.0295. The van der Waals surface area contributed by atoms with Crippen LogP contribution in [0.3, 0.4) is 0 Å². The molecule has 4 fully saturated rings. The molecule has 7 atom stereocenters. The van der Waals surface area contributed by atoms with Crippen molar-refractivity contribution in [2.75, 3.05) is 0 Å². The number of ether oxygens (including phenoxy) is 1. The zero-order valence-corrected chi connectivity index (χ0v) is 15.6. The standard InChI is InChI=1S/C22H30O3/c1-13-11-20(24)22(25-13)10-8-19-18-5-3-14-12-15(23)4-6-16(14)17(18)7-9-21(19,22)2/h12-13,16-19H,3-11H2,1-2H3/t13-,16+,17-,18-,19+,21+,22-/m1/s1. The first-order valence-electron chi connectivity index (χ1n) is 10.4. The number of fused-ring (bicyclic) bond motifs is 6. The summed E-state index contributed by atoms with van der Waals surface area (Å²) < 4.78 is 6.39. The third-order valence-electron chi connectivity index (χ3n) is 8.75. The van der Waals surface area contributed by atoms with Crippen LogP contribution in [0.25, 0.3) is 0 Å². The van der Waals surface area contributed by atoms with Gasteiger partial charge in [-0.1, -0.05) is 12.5 Å². The molecule has 3 saturated carbocycles. The molecule has 1 saturated heterocycles. The first kappa shape index (κ1) is 16.2. The van der Waals surface area contributed by atoms with Gasteiger partial charge in [0.1, 0.15) is 5.60 Å². The summed E-state index contributed by atoms with van der Waals surface area (Å²) in [5, 5.41) is 0. The summed E-state index contributed by atoms with van der Waals surface area (Å²) in [4.78, 5) is 24.7. The van der Waals surface area contributed by atoms with E-state index in [1.54, 1.807) is 0 Å². The fourth-order valence-electron chi connectivity index (χ4n) is 7.71. The molecule has 0 aromatic carbocycles. The van der Waals surface area contributed by atoms with Crippen LogP contribution in [0.5, 0.6) is 0 Å². The zero-order valence-electron chi connectivity index (χ0n) is 15.6. The van der Waals surface area contributed by atoms with Gasteiger partial charge >= 0.3 is 0 Å². The second-order valence-electron chi connectivity index (χ2n) is 9.68. The Morgan fingerprint density at radius 3 is 2.64 bits per heavy atom. The summed E-state index contributed by atoms with van der Waals surface area (Å²) in [6, 6.07) is 0. The molecular formula is C22H30O3. The fraction of sp³-hybridized carbons (Fsp3) is 0.818. The maximum Gasteiger partial charge on any atom is 0.167 e. The van der Waals surface area contributed by atoms with Crippen molar-refractivity contribution >= 4 is 11.6 Å². The van der Waals surface area contributed by atoms with Gasteiger partial charge in [-0.25, -0.2) is 0 Å². The average Bonchev–Trinajstić information content (AvgIpc) is 3.04. The minimum atomic E-state index is -0.485. The molecule has 5 rings (SSSR count). The van der Waals surface area contributed by atoms with E-state index in [0.29, 0.717) is 29.8 Å². The summed E-state index contributed by atoms with van der Waals surface area (Å²) in [6.07, 6.45) is 11.2. The van der Waals surface area contributed by atoms with Gasteiger partial charge in [-0.3, -0.25) is 9.59 Å². The summed E-state index contributed by atoms with van der Waals surface area (Å²) in [5.41, 5.74) is 0.984. The smallest absolute Gasteiger partial charge is 0.167 e. The molecule has 1 aliphatic heterocycles. The Balaban J connectivity index is 1.47. The third kappa shape index (κ3) is 2.02. The SMILES string of the molecule is C[C@@H]1CC(=O)[C@@]2(CC[C@H]3[C@@H]4CCC5=CC(=O)CC[C@@H]5[C@H]4CC[C@@]32C)O1. The molecule has 1 spiro atoms. The lowest BCUT2D eigenvalue weighted by molar-refractivity contribution is -0.162. The number of allylic oxidation sites excluding steroid dienone is 1. The van der Waals surface area contributed by atoms with Gasteiger partial charge in [0.25, 0.3) is 0 Å². The number of carbonyl (C=O) groups is 2. The monoisotopic (exact) mass is 342 g/mol. The third-order valence-corrected chi connectivity index (χ3v) is 8.75. The molecule has 136 valence electrons. The molecular weight excluding hydrogens is 312 g/mol. The Morgan fingerprint density at radius 2 is 1.88 bits per heavy atom. The van der Waals surface area contributed by atoms with Gasteiger partial charge in [0, 0.05) is 18.3 Å². The molecule has 0 aromatic rings. The number of rotatable bonds is 0. The van der Waals surface area contributed by atoms with Crippen molar-refractivity contribution in [1.82, 2.24) is 0 Å². The molecule has 4 aliphatic carbocycles. The van der Waals surface area contributed by atoms with Gasteiger partial charge in [-0.2, -0.15) is 0 Å². The van der Waals surface area contributed by atoms with Crippen LogP contribution >= 0.6 is 0 Å². The highest BCUT2D eigenvalue weighted by molar-refractivity contribution is 5.91. The van der Waals surface area contributed by atoms with E-state index in [9.17, 15) is 9.59 Å². The van der Waals surface area contributed by atoms with Crippen molar-refractivity contribution in [2.45, 2.75) is 83.3 Å². The number of carbonyl (C=O) groups excluding carboxylic acids is 2. The van der Waals surface area contributed by atoms with Gasteiger partial charge in [0.2, 0.25) is 0 Å². The predicted octanol–water partition coefficient (Wildman–Crippen LogP) is 4.24. The molecule has 3 heteroatoms. The van der Waals surface area contributed by atoms with Crippen LogP contribution in [0.2, 0.25) is 0 Å². The number of hydrogen-bond acceptors (Lipinski definition) is 3. The molecule has 5 aliphatic rings. The van der Waals surface area contributed by atoms with E-state index in [-0.39, 0.29) is 11.5 Å². The van der Waals surface area contributed by atoms with Gasteiger partial charge in [0.15, 0.2) is 11.6 Å². The first-order chi connectivity index (χ1) is 11.9. The zero-order chi connectivity index (χ0) is 17.4. The summed E-state index contributed by atoms with van der Waals surface area (Å²) in [7, 11) is 0. The van der Waals surface area contributed by atoms with Crippen molar-refractivity contribution in [1.29, 1.82) is 0 Å². The lowest BCUT2D eigenvalue weighted by atomic mass is 9.50. The van der Waals surface area contributed by atoms with Crippen LogP contribution in [0.4, 0.5) is 0 Å². The number of ketones is 2. The molecule has 0 unspecified atom stereocenters. The van der Waals surface area contributed by atoms with E-state index in [1.165, 1.54) is 18.4 Å². The summed E-state index contributed by atoms with van der Waals surface area (Å²) >= 11 is 0. The largest absolute Gasteiger partial charge is 0.363 e.